The Morgan fingerprint density at radius 1 is 1.23 bits per heavy atom. The minimum Gasteiger partial charge on any atom is -0.296 e. The predicted molar refractivity (Wildman–Crippen MR) is 96.6 cm³/mol. The summed E-state index contributed by atoms with van der Waals surface area (Å²) in [5.74, 6) is -0.384. The highest BCUT2D eigenvalue weighted by Crippen LogP contribution is 2.28. The van der Waals surface area contributed by atoms with E-state index in [-0.39, 0.29) is 17.3 Å². The standard InChI is InChI=1S/C16H10N8OS/c1-9-14(20-5-4-19-9)15(25)22-16-21-12-3-2-10(6-13(12)26-16)23-24-11(7-17)8-18/h2-6,23H,1H3,(H,21,22,25). The zero-order valence-electron chi connectivity index (χ0n) is 13.4. The normalized spacial score (nSPS) is 9.81. The maximum atomic E-state index is 12.3. The summed E-state index contributed by atoms with van der Waals surface area (Å²) in [6, 6.07) is 8.53. The Morgan fingerprint density at radius 3 is 2.73 bits per heavy atom. The molecule has 0 saturated heterocycles. The lowest BCUT2D eigenvalue weighted by molar-refractivity contribution is 0.102. The molecular formula is C16H10N8OS. The van der Waals surface area contributed by atoms with Gasteiger partial charge in [0.1, 0.15) is 17.8 Å². The van der Waals surface area contributed by atoms with E-state index in [1.54, 1.807) is 37.3 Å². The summed E-state index contributed by atoms with van der Waals surface area (Å²) in [6.07, 6.45) is 2.97. The Hall–Kier alpha value is -3.89. The highest BCUT2D eigenvalue weighted by atomic mass is 32.1. The van der Waals surface area contributed by atoms with E-state index in [4.69, 9.17) is 10.5 Å². The molecule has 3 aromatic rings. The van der Waals surface area contributed by atoms with Gasteiger partial charge in [-0.05, 0) is 25.1 Å². The van der Waals surface area contributed by atoms with E-state index >= 15 is 0 Å². The minimum atomic E-state index is -0.384. The lowest BCUT2D eigenvalue weighted by Gasteiger charge is -2.02. The third-order valence-electron chi connectivity index (χ3n) is 3.21. The summed E-state index contributed by atoms with van der Waals surface area (Å²) < 4.78 is 0.798. The van der Waals surface area contributed by atoms with Crippen molar-refractivity contribution in [3.05, 3.63) is 42.0 Å². The zero-order valence-corrected chi connectivity index (χ0v) is 14.2. The molecule has 0 aliphatic carbocycles. The SMILES string of the molecule is Cc1nccnc1C(=O)Nc1nc2ccc(NN=C(C#N)C#N)cc2s1. The van der Waals surface area contributed by atoms with Gasteiger partial charge in [-0.25, -0.2) is 9.97 Å². The van der Waals surface area contributed by atoms with Crippen LogP contribution in [0, 0.1) is 29.6 Å². The molecular weight excluding hydrogens is 352 g/mol. The van der Waals surface area contributed by atoms with Gasteiger partial charge in [0.05, 0.1) is 21.6 Å². The summed E-state index contributed by atoms with van der Waals surface area (Å²) in [5, 5.41) is 24.2. The van der Waals surface area contributed by atoms with Crippen LogP contribution in [-0.2, 0) is 0 Å². The molecule has 0 aliphatic heterocycles. The van der Waals surface area contributed by atoms with E-state index in [1.807, 2.05) is 0 Å². The maximum Gasteiger partial charge on any atom is 0.277 e. The molecule has 0 spiro atoms. The number of aryl methyl sites for hydroxylation is 1. The van der Waals surface area contributed by atoms with Crippen LogP contribution in [0.5, 0.6) is 0 Å². The first-order valence-corrected chi connectivity index (χ1v) is 8.06. The molecule has 0 radical (unpaired) electrons. The number of nitriles is 2. The maximum absolute atomic E-state index is 12.3. The van der Waals surface area contributed by atoms with Crippen LogP contribution in [0.4, 0.5) is 10.8 Å². The van der Waals surface area contributed by atoms with Crippen molar-refractivity contribution in [3.8, 4) is 12.1 Å². The van der Waals surface area contributed by atoms with E-state index in [2.05, 4.69) is 30.8 Å². The molecule has 3 rings (SSSR count). The number of amides is 1. The van der Waals surface area contributed by atoms with Crippen LogP contribution in [0.3, 0.4) is 0 Å². The largest absolute Gasteiger partial charge is 0.296 e. The second-order valence-electron chi connectivity index (χ2n) is 4.94. The van der Waals surface area contributed by atoms with Crippen LogP contribution >= 0.6 is 11.3 Å². The lowest BCUT2D eigenvalue weighted by Crippen LogP contribution is -2.15. The van der Waals surface area contributed by atoms with Crippen molar-refractivity contribution in [2.24, 2.45) is 5.10 Å². The first-order valence-electron chi connectivity index (χ1n) is 7.24. The second-order valence-corrected chi connectivity index (χ2v) is 5.97. The Balaban J connectivity index is 1.81. The summed E-state index contributed by atoms with van der Waals surface area (Å²) in [5.41, 5.74) is 4.41. The average Bonchev–Trinajstić information content (AvgIpc) is 3.04. The van der Waals surface area contributed by atoms with Crippen LogP contribution in [0.2, 0.25) is 0 Å². The number of carbonyl (C=O) groups excluding carboxylic acids is 1. The minimum absolute atomic E-state index is 0.240. The fourth-order valence-corrected chi connectivity index (χ4v) is 2.93. The van der Waals surface area contributed by atoms with Gasteiger partial charge in [-0.1, -0.05) is 11.3 Å². The quantitative estimate of drug-likeness (QED) is 0.536. The monoisotopic (exact) mass is 362 g/mol. The summed E-state index contributed by atoms with van der Waals surface area (Å²) in [7, 11) is 0. The molecule has 1 aromatic carbocycles. The molecule has 2 heterocycles. The summed E-state index contributed by atoms with van der Waals surface area (Å²) >= 11 is 1.28. The van der Waals surface area contributed by atoms with Gasteiger partial charge in [-0.3, -0.25) is 20.5 Å². The highest BCUT2D eigenvalue weighted by Gasteiger charge is 2.14. The Kier molecular flexibility index (Phi) is 4.78. The van der Waals surface area contributed by atoms with E-state index in [1.165, 1.54) is 23.7 Å². The first kappa shape index (κ1) is 17.0. The van der Waals surface area contributed by atoms with Gasteiger partial charge >= 0.3 is 0 Å². The van der Waals surface area contributed by atoms with E-state index in [9.17, 15) is 4.79 Å². The molecule has 0 bridgehead atoms. The molecule has 0 saturated carbocycles. The van der Waals surface area contributed by atoms with Crippen molar-refractivity contribution in [2.45, 2.75) is 6.92 Å². The molecule has 2 N–H and O–H groups in total. The number of aromatic nitrogens is 3. The van der Waals surface area contributed by atoms with Gasteiger partial charge < -0.3 is 0 Å². The molecule has 10 heteroatoms. The zero-order chi connectivity index (χ0) is 18.5. The second kappa shape index (κ2) is 7.34. The Morgan fingerprint density at radius 2 is 2.00 bits per heavy atom. The van der Waals surface area contributed by atoms with Crippen molar-refractivity contribution in [1.29, 1.82) is 10.5 Å². The number of benzene rings is 1. The molecule has 0 aliphatic rings. The number of fused-ring (bicyclic) bond motifs is 1. The molecule has 9 nitrogen and oxygen atoms in total. The Bertz CT molecular complexity index is 1090. The first-order chi connectivity index (χ1) is 12.6. The average molecular weight is 362 g/mol. The van der Waals surface area contributed by atoms with E-state index < -0.39 is 0 Å². The van der Waals surface area contributed by atoms with Crippen LogP contribution < -0.4 is 10.7 Å². The summed E-state index contributed by atoms with van der Waals surface area (Å²) in [4.78, 5) is 24.7. The third-order valence-corrected chi connectivity index (χ3v) is 4.15. The van der Waals surface area contributed by atoms with Gasteiger partial charge in [0.25, 0.3) is 5.91 Å². The van der Waals surface area contributed by atoms with Crippen LogP contribution in [0.15, 0.2) is 35.7 Å². The predicted octanol–water partition coefficient (Wildman–Crippen LogP) is 2.46. The number of hydrogen-bond donors (Lipinski definition) is 2. The number of hydrogen-bond acceptors (Lipinski definition) is 9. The van der Waals surface area contributed by atoms with Crippen molar-refractivity contribution in [3.63, 3.8) is 0 Å². The smallest absolute Gasteiger partial charge is 0.277 e. The molecule has 1 amide bonds. The van der Waals surface area contributed by atoms with Gasteiger partial charge in [0, 0.05) is 12.4 Å². The molecule has 0 unspecified atom stereocenters. The van der Waals surface area contributed by atoms with Gasteiger partial charge in [-0.2, -0.15) is 15.6 Å². The molecule has 0 fully saturated rings. The molecule has 0 atom stereocenters. The van der Waals surface area contributed by atoms with Crippen LogP contribution in [0.25, 0.3) is 10.2 Å². The van der Waals surface area contributed by atoms with Gasteiger partial charge in [0.15, 0.2) is 5.13 Å². The van der Waals surface area contributed by atoms with Crippen LogP contribution in [-0.4, -0.2) is 26.6 Å². The third kappa shape index (κ3) is 3.61. The number of nitrogens with zero attached hydrogens (tertiary/aromatic N) is 6. The molecule has 2 aromatic heterocycles. The van der Waals surface area contributed by atoms with Gasteiger partial charge in [-0.15, -0.1) is 0 Å². The van der Waals surface area contributed by atoms with Crippen molar-refractivity contribution in [1.82, 2.24) is 15.0 Å². The highest BCUT2D eigenvalue weighted by molar-refractivity contribution is 7.22. The number of anilines is 2. The fraction of sp³-hybridized carbons (Fsp3) is 0.0625. The lowest BCUT2D eigenvalue weighted by atomic mass is 10.3. The number of hydrazone groups is 1. The molecule has 126 valence electrons. The van der Waals surface area contributed by atoms with Crippen molar-refractivity contribution in [2.75, 3.05) is 10.7 Å². The topological polar surface area (TPSA) is 140 Å². The van der Waals surface area contributed by atoms with Crippen molar-refractivity contribution >= 4 is 44.0 Å². The van der Waals surface area contributed by atoms with E-state index in [0.717, 1.165) is 4.70 Å². The Labute approximate surface area is 151 Å². The molecule has 26 heavy (non-hydrogen) atoms. The number of thiazole rings is 1. The number of rotatable bonds is 4. The fourth-order valence-electron chi connectivity index (χ4n) is 2.03. The van der Waals surface area contributed by atoms with Crippen molar-refractivity contribution < 1.29 is 4.79 Å². The number of carbonyl (C=O) groups is 1. The summed E-state index contributed by atoms with van der Waals surface area (Å²) in [6.45, 7) is 1.70. The number of nitrogens with one attached hydrogen (secondary N) is 2. The van der Waals surface area contributed by atoms with Gasteiger partial charge in [0.2, 0.25) is 5.71 Å². The van der Waals surface area contributed by atoms with E-state index in [0.29, 0.717) is 22.0 Å². The van der Waals surface area contributed by atoms with Crippen LogP contribution in [0.1, 0.15) is 16.2 Å².